The van der Waals surface area contributed by atoms with Crippen LogP contribution in [0.1, 0.15) is 27.2 Å². The Labute approximate surface area is 122 Å². The second kappa shape index (κ2) is 5.40. The Kier molecular flexibility index (Phi) is 3.61. The van der Waals surface area contributed by atoms with Crippen molar-refractivity contribution in [2.45, 2.75) is 44.1 Å². The Morgan fingerprint density at radius 2 is 2.00 bits per heavy atom. The first-order valence-electron chi connectivity index (χ1n) is 7.02. The Bertz CT molecular complexity index is 750. The first kappa shape index (κ1) is 13.4. The second-order valence-corrected chi connectivity index (χ2v) is 6.27. The monoisotopic (exact) mass is 286 g/mol. The van der Waals surface area contributed by atoms with Gasteiger partial charge in [-0.1, -0.05) is 43.8 Å². The van der Waals surface area contributed by atoms with Crippen molar-refractivity contribution < 1.29 is 0 Å². The molecule has 5 heteroatoms. The molecule has 2 heterocycles. The van der Waals surface area contributed by atoms with Crippen LogP contribution in [0.4, 0.5) is 0 Å². The number of rotatable bonds is 4. The molecule has 104 valence electrons. The van der Waals surface area contributed by atoms with Crippen molar-refractivity contribution in [2.75, 3.05) is 0 Å². The summed E-state index contributed by atoms with van der Waals surface area (Å²) in [5.74, 6) is 0. The first-order chi connectivity index (χ1) is 9.74. The van der Waals surface area contributed by atoms with E-state index in [0.717, 1.165) is 34.7 Å². The maximum atomic E-state index is 4.72. The van der Waals surface area contributed by atoms with Crippen molar-refractivity contribution in [3.8, 4) is 0 Å². The molecular weight excluding hydrogens is 268 g/mol. The van der Waals surface area contributed by atoms with Gasteiger partial charge in [-0.3, -0.25) is 0 Å². The van der Waals surface area contributed by atoms with Crippen molar-refractivity contribution in [1.82, 2.24) is 19.7 Å². The largest absolute Gasteiger partial charge is 0.324 e. The minimum Gasteiger partial charge on any atom is -0.324 e. The summed E-state index contributed by atoms with van der Waals surface area (Å²) < 4.78 is 2.21. The van der Waals surface area contributed by atoms with Gasteiger partial charge in [0.1, 0.15) is 5.52 Å². The van der Waals surface area contributed by atoms with Crippen LogP contribution < -0.4 is 0 Å². The number of benzene rings is 1. The van der Waals surface area contributed by atoms with E-state index in [4.69, 9.17) is 4.98 Å². The number of hydrogen-bond donors (Lipinski definition) is 0. The predicted molar refractivity (Wildman–Crippen MR) is 84.1 cm³/mol. The zero-order valence-corrected chi connectivity index (χ0v) is 12.8. The number of thioether (sulfide) groups is 1. The fourth-order valence-electron chi connectivity index (χ4n) is 2.32. The summed E-state index contributed by atoms with van der Waals surface area (Å²) in [6, 6.07) is 8.28. The van der Waals surface area contributed by atoms with E-state index in [2.05, 4.69) is 53.7 Å². The lowest BCUT2D eigenvalue weighted by Gasteiger charge is -2.06. The summed E-state index contributed by atoms with van der Waals surface area (Å²) in [4.78, 5) is 4.72. The van der Waals surface area contributed by atoms with Crippen LogP contribution in [0.15, 0.2) is 29.4 Å². The summed E-state index contributed by atoms with van der Waals surface area (Å²) in [7, 11) is 0. The zero-order valence-electron chi connectivity index (χ0n) is 12.0. The normalized spacial score (nSPS) is 13.2. The van der Waals surface area contributed by atoms with Crippen LogP contribution in [-0.2, 0) is 6.54 Å². The molecule has 0 unspecified atom stereocenters. The van der Waals surface area contributed by atoms with Crippen molar-refractivity contribution in [2.24, 2.45) is 0 Å². The van der Waals surface area contributed by atoms with E-state index in [1.54, 1.807) is 11.8 Å². The van der Waals surface area contributed by atoms with Crippen LogP contribution in [0.5, 0.6) is 0 Å². The van der Waals surface area contributed by atoms with E-state index in [0.29, 0.717) is 5.25 Å². The minimum atomic E-state index is 0.508. The number of fused-ring (bicyclic) bond motifs is 3. The lowest BCUT2D eigenvalue weighted by molar-refractivity contribution is 0.786. The minimum absolute atomic E-state index is 0.508. The molecule has 0 radical (unpaired) electrons. The number of nitrogens with zero attached hydrogens (tertiary/aromatic N) is 4. The summed E-state index contributed by atoms with van der Waals surface area (Å²) in [5, 5.41) is 11.1. The highest BCUT2D eigenvalue weighted by molar-refractivity contribution is 7.99. The number of aromatic nitrogens is 4. The molecule has 0 amide bonds. The Morgan fingerprint density at radius 1 is 1.20 bits per heavy atom. The van der Waals surface area contributed by atoms with Crippen molar-refractivity contribution in [3.05, 3.63) is 24.3 Å². The van der Waals surface area contributed by atoms with Gasteiger partial charge in [0.2, 0.25) is 5.16 Å². The molecule has 0 spiro atoms. The standard InChI is InChI=1S/C15H18N4S/c1-4-10(3)20-15-16-14-13(17-18-15)11-8-6-7-9-12(11)19(14)5-2/h6-10H,4-5H2,1-3H3/t10-/m0/s1. The Hall–Kier alpha value is -1.62. The summed E-state index contributed by atoms with van der Waals surface area (Å²) in [6.45, 7) is 7.38. The fraction of sp³-hybridized carbons (Fsp3) is 0.400. The molecule has 0 aliphatic carbocycles. The van der Waals surface area contributed by atoms with E-state index in [1.165, 1.54) is 5.52 Å². The van der Waals surface area contributed by atoms with Crippen LogP contribution in [0, 0.1) is 0 Å². The smallest absolute Gasteiger partial charge is 0.211 e. The third kappa shape index (κ3) is 2.16. The van der Waals surface area contributed by atoms with Gasteiger partial charge < -0.3 is 4.57 Å². The van der Waals surface area contributed by atoms with Gasteiger partial charge in [-0.2, -0.15) is 0 Å². The highest BCUT2D eigenvalue weighted by atomic mass is 32.2. The third-order valence-corrected chi connectivity index (χ3v) is 4.67. The van der Waals surface area contributed by atoms with E-state index in [9.17, 15) is 0 Å². The van der Waals surface area contributed by atoms with Crippen molar-refractivity contribution >= 4 is 33.8 Å². The average Bonchev–Trinajstić information content (AvgIpc) is 2.80. The van der Waals surface area contributed by atoms with Crippen LogP contribution in [0.25, 0.3) is 22.1 Å². The molecule has 0 bridgehead atoms. The molecule has 0 saturated heterocycles. The fourth-order valence-corrected chi connectivity index (χ4v) is 3.08. The summed E-state index contributed by atoms with van der Waals surface area (Å²) >= 11 is 1.69. The summed E-state index contributed by atoms with van der Waals surface area (Å²) in [6.07, 6.45) is 1.10. The molecule has 0 N–H and O–H groups in total. The van der Waals surface area contributed by atoms with E-state index >= 15 is 0 Å². The summed E-state index contributed by atoms with van der Waals surface area (Å²) in [5.41, 5.74) is 3.02. The molecule has 0 saturated carbocycles. The van der Waals surface area contributed by atoms with Crippen molar-refractivity contribution in [1.29, 1.82) is 0 Å². The quantitative estimate of drug-likeness (QED) is 0.682. The molecule has 0 fully saturated rings. The highest BCUT2D eigenvalue weighted by Gasteiger charge is 2.14. The van der Waals surface area contributed by atoms with Crippen LogP contribution in [-0.4, -0.2) is 25.0 Å². The maximum Gasteiger partial charge on any atom is 0.211 e. The maximum absolute atomic E-state index is 4.72. The molecule has 3 aromatic rings. The lowest BCUT2D eigenvalue weighted by Crippen LogP contribution is -2.01. The SMILES string of the molecule is CC[C@H](C)Sc1nnc2c3ccccc3n(CC)c2n1. The van der Waals surface area contributed by atoms with Crippen LogP contribution in [0.2, 0.25) is 0 Å². The average molecular weight is 286 g/mol. The molecule has 4 nitrogen and oxygen atoms in total. The Balaban J connectivity index is 2.20. The van der Waals surface area contributed by atoms with Crippen LogP contribution in [0.3, 0.4) is 0 Å². The van der Waals surface area contributed by atoms with Gasteiger partial charge >= 0.3 is 0 Å². The van der Waals surface area contributed by atoms with Gasteiger partial charge in [0.25, 0.3) is 0 Å². The number of para-hydroxylation sites is 1. The molecule has 1 aromatic carbocycles. The molecule has 0 aliphatic rings. The topological polar surface area (TPSA) is 43.6 Å². The second-order valence-electron chi connectivity index (χ2n) is 4.86. The molecule has 20 heavy (non-hydrogen) atoms. The predicted octanol–water partition coefficient (Wildman–Crippen LogP) is 3.89. The Morgan fingerprint density at radius 3 is 2.75 bits per heavy atom. The lowest BCUT2D eigenvalue weighted by atomic mass is 10.2. The van der Waals surface area contributed by atoms with Gasteiger partial charge in [-0.05, 0) is 19.4 Å². The van der Waals surface area contributed by atoms with E-state index in [-0.39, 0.29) is 0 Å². The molecule has 1 atom stereocenters. The zero-order chi connectivity index (χ0) is 14.1. The molecule has 3 rings (SSSR count). The number of aryl methyl sites for hydroxylation is 1. The third-order valence-electron chi connectivity index (χ3n) is 3.55. The van der Waals surface area contributed by atoms with E-state index < -0.39 is 0 Å². The van der Waals surface area contributed by atoms with Gasteiger partial charge in [0.15, 0.2) is 5.65 Å². The molecular formula is C15H18N4S. The molecule has 0 aliphatic heterocycles. The first-order valence-corrected chi connectivity index (χ1v) is 7.90. The van der Waals surface area contributed by atoms with Gasteiger partial charge in [0, 0.05) is 17.2 Å². The highest BCUT2D eigenvalue weighted by Crippen LogP contribution is 2.28. The van der Waals surface area contributed by atoms with Gasteiger partial charge in [-0.25, -0.2) is 4.98 Å². The molecule has 2 aromatic heterocycles. The van der Waals surface area contributed by atoms with E-state index in [1.807, 2.05) is 6.07 Å². The van der Waals surface area contributed by atoms with Crippen molar-refractivity contribution in [3.63, 3.8) is 0 Å². The number of hydrogen-bond acceptors (Lipinski definition) is 4. The van der Waals surface area contributed by atoms with Crippen LogP contribution >= 0.6 is 11.8 Å². The van der Waals surface area contributed by atoms with Gasteiger partial charge in [0.05, 0.1) is 5.52 Å². The van der Waals surface area contributed by atoms with Gasteiger partial charge in [-0.15, -0.1) is 10.2 Å².